The maximum absolute atomic E-state index is 12.0. The molecule has 3 aromatic heterocycles. The molecule has 4 rings (SSSR count). The normalized spacial score (nSPS) is 11.2. The molecule has 1 aromatic carbocycles. The number of aromatic nitrogens is 4. The lowest BCUT2D eigenvalue weighted by Gasteiger charge is -2.15. The number of halogens is 1. The molecule has 0 saturated heterocycles. The summed E-state index contributed by atoms with van der Waals surface area (Å²) in [5, 5.41) is 8.56. The highest BCUT2D eigenvalue weighted by Crippen LogP contribution is 2.33. The Bertz CT molecular complexity index is 1320. The quantitative estimate of drug-likeness (QED) is 0.396. The largest absolute Gasteiger partial charge is 0.486 e. The van der Waals surface area contributed by atoms with Crippen molar-refractivity contribution in [1.29, 1.82) is 0 Å². The molecule has 0 atom stereocenters. The molecule has 3 heterocycles. The van der Waals surface area contributed by atoms with Crippen molar-refractivity contribution in [3.8, 4) is 17.0 Å². The first-order valence-corrected chi connectivity index (χ1v) is 11.1. The Hall–Kier alpha value is -3.45. The van der Waals surface area contributed by atoms with Crippen molar-refractivity contribution in [2.45, 2.75) is 33.9 Å². The van der Waals surface area contributed by atoms with Crippen molar-refractivity contribution in [3.05, 3.63) is 70.8 Å². The zero-order chi connectivity index (χ0) is 23.5. The van der Waals surface area contributed by atoms with Crippen LogP contribution in [0, 0.1) is 12.8 Å². The van der Waals surface area contributed by atoms with Crippen LogP contribution in [0.1, 0.15) is 30.7 Å². The summed E-state index contributed by atoms with van der Waals surface area (Å²) in [6, 6.07) is 11.7. The number of ether oxygens (including phenoxy) is 1. The third-order valence-corrected chi connectivity index (χ3v) is 5.80. The van der Waals surface area contributed by atoms with Gasteiger partial charge in [0.1, 0.15) is 23.0 Å². The number of nitrogens with one attached hydrogen (secondary N) is 1. The van der Waals surface area contributed by atoms with E-state index in [0.29, 0.717) is 17.4 Å². The summed E-state index contributed by atoms with van der Waals surface area (Å²) in [7, 11) is 1.92. The maximum Gasteiger partial charge on any atom is 0.222 e. The van der Waals surface area contributed by atoms with Crippen molar-refractivity contribution in [3.63, 3.8) is 0 Å². The Balaban J connectivity index is 1.66. The van der Waals surface area contributed by atoms with Crippen LogP contribution in [0.15, 0.2) is 48.8 Å². The number of para-hydroxylation sites is 1. The second-order valence-electron chi connectivity index (χ2n) is 8.20. The Morgan fingerprint density at radius 1 is 1.21 bits per heavy atom. The third kappa shape index (κ3) is 4.83. The molecule has 0 spiro atoms. The molecule has 7 nitrogen and oxygen atoms in total. The molecule has 4 aromatic rings. The molecule has 1 N–H and O–H groups in total. The van der Waals surface area contributed by atoms with Gasteiger partial charge in [0.15, 0.2) is 0 Å². The highest BCUT2D eigenvalue weighted by Gasteiger charge is 2.15. The number of nitrogens with zero attached hydrogens (tertiary/aromatic N) is 4. The lowest BCUT2D eigenvalue weighted by Crippen LogP contribution is -2.27. The van der Waals surface area contributed by atoms with Crippen LogP contribution in [0.2, 0.25) is 5.15 Å². The molecular weight excluding hydrogens is 438 g/mol. The second kappa shape index (κ2) is 9.58. The van der Waals surface area contributed by atoms with E-state index in [2.05, 4.69) is 21.5 Å². The molecule has 0 aliphatic heterocycles. The number of hydrogen-bond donors (Lipinski definition) is 1. The van der Waals surface area contributed by atoms with Crippen LogP contribution in [0.4, 0.5) is 0 Å². The number of carbonyl (C=O) groups is 1. The number of carbonyl (C=O) groups excluding carboxylic acids is 1. The smallest absolute Gasteiger partial charge is 0.222 e. The van der Waals surface area contributed by atoms with Crippen LogP contribution < -0.4 is 10.1 Å². The second-order valence-corrected chi connectivity index (χ2v) is 8.56. The summed E-state index contributed by atoms with van der Waals surface area (Å²) in [5.41, 5.74) is 5.29. The van der Waals surface area contributed by atoms with Crippen LogP contribution in [0.25, 0.3) is 22.2 Å². The molecule has 170 valence electrons. The Morgan fingerprint density at radius 3 is 2.76 bits per heavy atom. The van der Waals surface area contributed by atoms with Gasteiger partial charge in [-0.05, 0) is 36.8 Å². The van der Waals surface area contributed by atoms with Crippen molar-refractivity contribution in [1.82, 2.24) is 25.1 Å². The number of aryl methyl sites for hydroxylation is 2. The van der Waals surface area contributed by atoms with E-state index in [1.165, 1.54) is 0 Å². The Morgan fingerprint density at radius 2 is 2.03 bits per heavy atom. The lowest BCUT2D eigenvalue weighted by atomic mass is 10.0. The number of hydrogen-bond acceptors (Lipinski definition) is 5. The fourth-order valence-electron chi connectivity index (χ4n) is 3.67. The number of amides is 1. The number of pyridine rings is 2. The number of rotatable bonds is 7. The summed E-state index contributed by atoms with van der Waals surface area (Å²) < 4.78 is 8.06. The molecule has 33 heavy (non-hydrogen) atoms. The highest BCUT2D eigenvalue weighted by molar-refractivity contribution is 6.30. The molecular formula is C25H26ClN5O2. The van der Waals surface area contributed by atoms with Gasteiger partial charge in [-0.1, -0.05) is 37.6 Å². The van der Waals surface area contributed by atoms with Crippen LogP contribution in [-0.2, 0) is 25.0 Å². The van der Waals surface area contributed by atoms with Crippen molar-refractivity contribution < 1.29 is 9.53 Å². The van der Waals surface area contributed by atoms with Gasteiger partial charge in [0.25, 0.3) is 0 Å². The van der Waals surface area contributed by atoms with E-state index in [4.69, 9.17) is 21.3 Å². The zero-order valence-corrected chi connectivity index (χ0v) is 19.8. The SMILES string of the molecule is Cc1cc(-c2ccnn2C)c2cccc(OCc3c(CNC(=O)C(C)C)ccnc3Cl)c2n1. The zero-order valence-electron chi connectivity index (χ0n) is 19.1. The van der Waals surface area contributed by atoms with Crippen molar-refractivity contribution >= 4 is 28.4 Å². The summed E-state index contributed by atoms with van der Waals surface area (Å²) in [6.07, 6.45) is 3.41. The minimum atomic E-state index is -0.0966. The standard InChI is InChI=1S/C25H26ClN5O2/c1-15(2)25(32)28-13-17-8-10-27-24(26)20(17)14-33-22-7-5-6-18-19(12-16(3)30-23(18)22)21-9-11-29-31(21)4/h5-12,15H,13-14H2,1-4H3,(H,28,32). The Kier molecular flexibility index (Phi) is 6.60. The van der Waals surface area contributed by atoms with E-state index in [-0.39, 0.29) is 18.4 Å². The molecule has 0 bridgehead atoms. The van der Waals surface area contributed by atoms with Crippen LogP contribution in [0.3, 0.4) is 0 Å². The van der Waals surface area contributed by atoms with E-state index in [0.717, 1.165) is 39.0 Å². The summed E-state index contributed by atoms with van der Waals surface area (Å²) in [4.78, 5) is 21.0. The average molecular weight is 464 g/mol. The van der Waals surface area contributed by atoms with Gasteiger partial charge in [-0.15, -0.1) is 0 Å². The van der Waals surface area contributed by atoms with E-state index < -0.39 is 0 Å². The summed E-state index contributed by atoms with van der Waals surface area (Å²) in [5.74, 6) is 0.531. The fourth-order valence-corrected chi connectivity index (χ4v) is 3.91. The molecule has 0 aliphatic carbocycles. The monoisotopic (exact) mass is 463 g/mol. The minimum Gasteiger partial charge on any atom is -0.486 e. The molecule has 0 aliphatic rings. The molecule has 0 radical (unpaired) electrons. The molecule has 0 saturated carbocycles. The number of benzene rings is 1. The van der Waals surface area contributed by atoms with Gasteiger partial charge >= 0.3 is 0 Å². The van der Waals surface area contributed by atoms with E-state index >= 15 is 0 Å². The first kappa shape index (κ1) is 22.7. The van der Waals surface area contributed by atoms with Gasteiger partial charge in [-0.3, -0.25) is 9.48 Å². The average Bonchev–Trinajstić information content (AvgIpc) is 3.21. The predicted octanol–water partition coefficient (Wildman–Crippen LogP) is 4.84. The topological polar surface area (TPSA) is 81.9 Å². The van der Waals surface area contributed by atoms with Gasteiger partial charge in [0.05, 0.1) is 5.69 Å². The first-order valence-electron chi connectivity index (χ1n) is 10.8. The van der Waals surface area contributed by atoms with Gasteiger partial charge in [0.2, 0.25) is 5.91 Å². The number of fused-ring (bicyclic) bond motifs is 1. The van der Waals surface area contributed by atoms with E-state index in [1.54, 1.807) is 12.4 Å². The lowest BCUT2D eigenvalue weighted by molar-refractivity contribution is -0.124. The highest BCUT2D eigenvalue weighted by atomic mass is 35.5. The fraction of sp³-hybridized carbons (Fsp3) is 0.280. The van der Waals surface area contributed by atoms with Crippen LogP contribution >= 0.6 is 11.6 Å². The van der Waals surface area contributed by atoms with Crippen molar-refractivity contribution in [2.24, 2.45) is 13.0 Å². The van der Waals surface area contributed by atoms with E-state index in [1.807, 2.05) is 62.8 Å². The summed E-state index contributed by atoms with van der Waals surface area (Å²) >= 11 is 6.40. The summed E-state index contributed by atoms with van der Waals surface area (Å²) in [6.45, 7) is 6.23. The van der Waals surface area contributed by atoms with Gasteiger partial charge in [-0.25, -0.2) is 9.97 Å². The maximum atomic E-state index is 12.0. The van der Waals surface area contributed by atoms with Crippen molar-refractivity contribution in [2.75, 3.05) is 0 Å². The molecule has 1 amide bonds. The first-order chi connectivity index (χ1) is 15.8. The van der Waals surface area contributed by atoms with E-state index in [9.17, 15) is 4.79 Å². The predicted molar refractivity (Wildman–Crippen MR) is 129 cm³/mol. The van der Waals surface area contributed by atoms with Gasteiger partial charge in [0, 0.05) is 54.1 Å². The van der Waals surface area contributed by atoms with Crippen LogP contribution in [0.5, 0.6) is 5.75 Å². The molecule has 0 fully saturated rings. The molecule has 0 unspecified atom stereocenters. The van der Waals surface area contributed by atoms with Crippen LogP contribution in [-0.4, -0.2) is 25.7 Å². The Labute approximate surface area is 197 Å². The minimum absolute atomic E-state index is 0.0220. The van der Waals surface area contributed by atoms with Gasteiger partial charge < -0.3 is 10.1 Å². The molecule has 8 heteroatoms. The third-order valence-electron chi connectivity index (χ3n) is 5.48. The van der Waals surface area contributed by atoms with Gasteiger partial charge in [-0.2, -0.15) is 5.10 Å².